The van der Waals surface area contributed by atoms with E-state index >= 15 is 0 Å². The lowest BCUT2D eigenvalue weighted by atomic mass is 9.88. The van der Waals surface area contributed by atoms with E-state index in [1.807, 2.05) is 20.8 Å². The third kappa shape index (κ3) is 6.45. The molecule has 5 nitrogen and oxygen atoms in total. The molecule has 0 fully saturated rings. The average Bonchev–Trinajstić information content (AvgIpc) is 3.01. The fourth-order valence-corrected chi connectivity index (χ4v) is 2.27. The van der Waals surface area contributed by atoms with E-state index in [1.165, 1.54) is 12.3 Å². The summed E-state index contributed by atoms with van der Waals surface area (Å²) >= 11 is 0. The summed E-state index contributed by atoms with van der Waals surface area (Å²) in [5.41, 5.74) is 5.40. The average molecular weight is 424 g/mol. The van der Waals surface area contributed by atoms with Gasteiger partial charge in [-0.1, -0.05) is 13.8 Å². The molecule has 0 saturated carbocycles. The largest absolute Gasteiger partial charge is 0.441 e. The normalized spacial score (nSPS) is 12.7. The number of nitrogens with two attached hydrogens (primary N) is 1. The predicted octanol–water partition coefficient (Wildman–Crippen LogP) is 3.89. The molecule has 0 aliphatic rings. The number of nitrogens with one attached hydrogen (secondary N) is 1. The van der Waals surface area contributed by atoms with Crippen LogP contribution in [0.4, 0.5) is 8.78 Å². The second-order valence-corrected chi connectivity index (χ2v) is 6.57. The molecule has 0 saturated heterocycles. The van der Waals surface area contributed by atoms with Gasteiger partial charge in [-0.25, -0.2) is 13.8 Å². The summed E-state index contributed by atoms with van der Waals surface area (Å²) in [6, 6.07) is 3.22. The van der Waals surface area contributed by atoms with Crippen LogP contribution in [0.5, 0.6) is 0 Å². The van der Waals surface area contributed by atoms with Crippen LogP contribution >= 0.6 is 24.8 Å². The quantitative estimate of drug-likeness (QED) is 0.707. The van der Waals surface area contributed by atoms with E-state index in [4.69, 9.17) is 10.2 Å². The molecule has 1 unspecified atom stereocenters. The van der Waals surface area contributed by atoms with E-state index in [9.17, 15) is 13.6 Å². The van der Waals surface area contributed by atoms with Crippen LogP contribution in [0.15, 0.2) is 28.8 Å². The minimum Gasteiger partial charge on any atom is -0.441 e. The number of hydrogen-bond acceptors (Lipinski definition) is 4. The fraction of sp³-hybridized carbons (Fsp3) is 0.444. The van der Waals surface area contributed by atoms with Crippen molar-refractivity contribution < 1.29 is 18.0 Å². The van der Waals surface area contributed by atoms with Crippen molar-refractivity contribution in [3.63, 3.8) is 0 Å². The number of aromatic nitrogens is 1. The zero-order chi connectivity index (χ0) is 18.6. The molecule has 0 bridgehead atoms. The summed E-state index contributed by atoms with van der Waals surface area (Å²) in [4.78, 5) is 16.2. The summed E-state index contributed by atoms with van der Waals surface area (Å²) in [6.45, 7) is 6.22. The Balaban J connectivity index is 0.00000338. The first kappa shape index (κ1) is 25.3. The van der Waals surface area contributed by atoms with Crippen molar-refractivity contribution in [3.05, 3.63) is 41.9 Å². The lowest BCUT2D eigenvalue weighted by Gasteiger charge is -2.33. The van der Waals surface area contributed by atoms with Gasteiger partial charge in [0.15, 0.2) is 11.7 Å². The molecule has 27 heavy (non-hydrogen) atoms. The maximum atomic E-state index is 13.8. The minimum atomic E-state index is -0.726. The van der Waals surface area contributed by atoms with Crippen molar-refractivity contribution in [2.75, 3.05) is 6.54 Å². The summed E-state index contributed by atoms with van der Waals surface area (Å²) < 4.78 is 32.2. The Morgan fingerprint density at radius 1 is 1.33 bits per heavy atom. The van der Waals surface area contributed by atoms with Crippen LogP contribution in [0.1, 0.15) is 33.1 Å². The van der Waals surface area contributed by atoms with Crippen molar-refractivity contribution in [3.8, 4) is 11.3 Å². The number of oxazole rings is 1. The van der Waals surface area contributed by atoms with Gasteiger partial charge in [-0.3, -0.25) is 4.79 Å². The van der Waals surface area contributed by atoms with Crippen LogP contribution < -0.4 is 11.1 Å². The van der Waals surface area contributed by atoms with E-state index in [0.29, 0.717) is 12.4 Å². The Morgan fingerprint density at radius 2 is 2.00 bits per heavy atom. The van der Waals surface area contributed by atoms with Crippen LogP contribution in [0.25, 0.3) is 11.3 Å². The summed E-state index contributed by atoms with van der Waals surface area (Å²) in [7, 11) is 0. The van der Waals surface area contributed by atoms with Gasteiger partial charge < -0.3 is 15.5 Å². The van der Waals surface area contributed by atoms with Gasteiger partial charge in [0.1, 0.15) is 11.6 Å². The highest BCUT2D eigenvalue weighted by atomic mass is 35.5. The fourth-order valence-electron chi connectivity index (χ4n) is 2.27. The minimum absolute atomic E-state index is 0. The van der Waals surface area contributed by atoms with E-state index in [2.05, 4.69) is 10.3 Å². The van der Waals surface area contributed by atoms with Gasteiger partial charge in [0.2, 0.25) is 5.91 Å². The molecule has 2 rings (SSSR count). The number of benzene rings is 1. The molecule has 1 amide bonds. The summed E-state index contributed by atoms with van der Waals surface area (Å²) in [5, 5.41) is 2.93. The van der Waals surface area contributed by atoms with E-state index in [-0.39, 0.29) is 60.8 Å². The van der Waals surface area contributed by atoms with Gasteiger partial charge >= 0.3 is 0 Å². The Bertz CT molecular complexity index is 756. The molecule has 1 aromatic carbocycles. The first-order chi connectivity index (χ1) is 11.7. The van der Waals surface area contributed by atoms with Gasteiger partial charge in [-0.05, 0) is 25.0 Å². The van der Waals surface area contributed by atoms with Crippen LogP contribution in [-0.2, 0) is 11.2 Å². The molecule has 152 valence electrons. The molecule has 0 aliphatic carbocycles. The SMILES string of the molecule is CC(C)C(C)(CN)NC(=O)CCc1ncc(-c2ccc(F)cc2F)o1.Cl.Cl. The van der Waals surface area contributed by atoms with Crippen LogP contribution in [0.3, 0.4) is 0 Å². The van der Waals surface area contributed by atoms with E-state index in [1.54, 1.807) is 0 Å². The smallest absolute Gasteiger partial charge is 0.220 e. The Labute approximate surface area is 169 Å². The number of rotatable bonds is 7. The van der Waals surface area contributed by atoms with Crippen LogP contribution in [0, 0.1) is 17.6 Å². The lowest BCUT2D eigenvalue weighted by Crippen LogP contribution is -2.55. The number of aryl methyl sites for hydroxylation is 1. The van der Waals surface area contributed by atoms with Gasteiger partial charge in [-0.15, -0.1) is 24.8 Å². The number of carbonyl (C=O) groups excluding carboxylic acids is 1. The number of hydrogen-bond donors (Lipinski definition) is 2. The van der Waals surface area contributed by atoms with E-state index in [0.717, 1.165) is 12.1 Å². The third-order valence-corrected chi connectivity index (χ3v) is 4.44. The Kier molecular flexibility index (Phi) is 9.92. The van der Waals surface area contributed by atoms with Gasteiger partial charge in [0, 0.05) is 25.5 Å². The molecule has 0 radical (unpaired) electrons. The van der Waals surface area contributed by atoms with Crippen molar-refractivity contribution in [2.24, 2.45) is 11.7 Å². The summed E-state index contributed by atoms with van der Waals surface area (Å²) in [6.07, 6.45) is 1.81. The lowest BCUT2D eigenvalue weighted by molar-refractivity contribution is -0.123. The van der Waals surface area contributed by atoms with Gasteiger partial charge in [0.25, 0.3) is 0 Å². The first-order valence-corrected chi connectivity index (χ1v) is 8.16. The molecule has 0 aliphatic heterocycles. The standard InChI is InChI=1S/C18H23F2N3O2.2ClH/c1-11(2)18(3,10-21)23-16(24)6-7-17-22-9-15(25-17)13-5-4-12(19)8-14(13)20;;/h4-5,8-9,11H,6-7,10,21H2,1-3H3,(H,23,24);2*1H. The van der Waals surface area contributed by atoms with Crippen LogP contribution in [0.2, 0.25) is 0 Å². The number of nitrogens with zero attached hydrogens (tertiary/aromatic N) is 1. The molecular formula is C18H25Cl2F2N3O2. The molecule has 1 atom stereocenters. The third-order valence-electron chi connectivity index (χ3n) is 4.44. The Hall–Kier alpha value is -1.70. The monoisotopic (exact) mass is 423 g/mol. The van der Waals surface area contributed by atoms with E-state index < -0.39 is 17.2 Å². The maximum absolute atomic E-state index is 13.8. The molecule has 9 heteroatoms. The van der Waals surface area contributed by atoms with Crippen molar-refractivity contribution in [1.82, 2.24) is 10.3 Å². The predicted molar refractivity (Wildman–Crippen MR) is 105 cm³/mol. The van der Waals surface area contributed by atoms with Crippen molar-refractivity contribution >= 4 is 30.7 Å². The second-order valence-electron chi connectivity index (χ2n) is 6.57. The topological polar surface area (TPSA) is 81.1 Å². The molecule has 0 spiro atoms. The van der Waals surface area contributed by atoms with Crippen LogP contribution in [-0.4, -0.2) is 23.0 Å². The molecular weight excluding hydrogens is 399 g/mol. The number of carbonyl (C=O) groups is 1. The zero-order valence-corrected chi connectivity index (χ0v) is 17.1. The summed E-state index contributed by atoms with van der Waals surface area (Å²) in [5.74, 6) is -0.845. The highest BCUT2D eigenvalue weighted by molar-refractivity contribution is 5.85. The second kappa shape index (κ2) is 10.6. The molecule has 1 aromatic heterocycles. The number of halogens is 4. The highest BCUT2D eigenvalue weighted by Crippen LogP contribution is 2.24. The molecule has 2 aromatic rings. The van der Waals surface area contributed by atoms with Gasteiger partial charge in [0.05, 0.1) is 17.3 Å². The zero-order valence-electron chi connectivity index (χ0n) is 15.4. The highest BCUT2D eigenvalue weighted by Gasteiger charge is 2.28. The van der Waals surface area contributed by atoms with Gasteiger partial charge in [-0.2, -0.15) is 0 Å². The first-order valence-electron chi connectivity index (χ1n) is 8.16. The number of amides is 1. The molecule has 3 N–H and O–H groups in total. The molecule has 1 heterocycles. The van der Waals surface area contributed by atoms with Crippen molar-refractivity contribution in [2.45, 2.75) is 39.2 Å². The van der Waals surface area contributed by atoms with Crippen molar-refractivity contribution in [1.29, 1.82) is 0 Å². The Morgan fingerprint density at radius 3 is 2.56 bits per heavy atom. The maximum Gasteiger partial charge on any atom is 0.220 e.